The normalized spacial score (nSPS) is 15.1. The first-order chi connectivity index (χ1) is 8.85. The maximum absolute atomic E-state index is 12.4. The van der Waals surface area contributed by atoms with Gasteiger partial charge in [0.2, 0.25) is 0 Å². The summed E-state index contributed by atoms with van der Waals surface area (Å²) in [6, 6.07) is 5.26. The Morgan fingerprint density at radius 1 is 1.42 bits per heavy atom. The summed E-state index contributed by atoms with van der Waals surface area (Å²) in [6.07, 6.45) is -3.17. The fourth-order valence-corrected chi connectivity index (χ4v) is 1.76. The van der Waals surface area contributed by atoms with Crippen LogP contribution in [0, 0.1) is 0 Å². The van der Waals surface area contributed by atoms with E-state index in [4.69, 9.17) is 5.73 Å². The van der Waals surface area contributed by atoms with Crippen molar-refractivity contribution in [1.82, 2.24) is 4.90 Å². The van der Waals surface area contributed by atoms with Gasteiger partial charge in [-0.1, -0.05) is 6.07 Å². The number of benzene rings is 1. The van der Waals surface area contributed by atoms with Gasteiger partial charge in [0, 0.05) is 17.4 Å². The standard InChI is InChI=1S/C12H14F3N3O/c13-12(14,15)7-18(10-4-5-10)11(19)17-9-3-1-2-8(16)6-9/h1-3,6,10H,4-5,7,16H2,(H,17,19). The molecule has 1 aromatic carbocycles. The highest BCUT2D eigenvalue weighted by atomic mass is 19.4. The second kappa shape index (κ2) is 4.99. The number of rotatable bonds is 3. The van der Waals surface area contributed by atoms with Crippen LogP contribution in [0.1, 0.15) is 12.8 Å². The highest BCUT2D eigenvalue weighted by Crippen LogP contribution is 2.30. The minimum atomic E-state index is -4.39. The molecule has 3 N–H and O–H groups in total. The molecule has 0 saturated heterocycles. The van der Waals surface area contributed by atoms with Gasteiger partial charge in [-0.2, -0.15) is 13.2 Å². The van der Waals surface area contributed by atoms with E-state index in [2.05, 4.69) is 5.32 Å². The Morgan fingerprint density at radius 2 is 2.11 bits per heavy atom. The number of amides is 2. The number of nitrogen functional groups attached to an aromatic ring is 1. The van der Waals surface area contributed by atoms with Crippen molar-refractivity contribution in [3.05, 3.63) is 24.3 Å². The van der Waals surface area contributed by atoms with Gasteiger partial charge in [-0.05, 0) is 31.0 Å². The maximum Gasteiger partial charge on any atom is 0.406 e. The van der Waals surface area contributed by atoms with Crippen molar-refractivity contribution in [2.45, 2.75) is 25.1 Å². The van der Waals surface area contributed by atoms with Crippen molar-refractivity contribution in [2.24, 2.45) is 0 Å². The molecule has 2 amide bonds. The number of carbonyl (C=O) groups is 1. The van der Waals surface area contributed by atoms with Gasteiger partial charge in [0.05, 0.1) is 0 Å². The largest absolute Gasteiger partial charge is 0.406 e. The Bertz CT molecular complexity index is 472. The predicted molar refractivity (Wildman–Crippen MR) is 65.7 cm³/mol. The van der Waals surface area contributed by atoms with Crippen LogP contribution < -0.4 is 11.1 Å². The molecule has 1 aromatic rings. The fraction of sp³-hybridized carbons (Fsp3) is 0.417. The summed E-state index contributed by atoms with van der Waals surface area (Å²) in [7, 11) is 0. The highest BCUT2D eigenvalue weighted by Gasteiger charge is 2.40. The number of hydrogen-bond donors (Lipinski definition) is 2. The average Bonchev–Trinajstić information content (AvgIpc) is 3.08. The molecule has 7 heteroatoms. The number of anilines is 2. The molecule has 2 rings (SSSR count). The number of nitrogens with zero attached hydrogens (tertiary/aromatic N) is 1. The molecule has 1 aliphatic rings. The van der Waals surface area contributed by atoms with E-state index < -0.39 is 18.8 Å². The average molecular weight is 273 g/mol. The van der Waals surface area contributed by atoms with Crippen LogP contribution in [-0.4, -0.2) is 29.7 Å². The summed E-state index contributed by atoms with van der Waals surface area (Å²) in [4.78, 5) is 12.7. The van der Waals surface area contributed by atoms with E-state index in [9.17, 15) is 18.0 Å². The zero-order valence-electron chi connectivity index (χ0n) is 10.1. The zero-order chi connectivity index (χ0) is 14.0. The van der Waals surface area contributed by atoms with Crippen LogP contribution in [0.5, 0.6) is 0 Å². The van der Waals surface area contributed by atoms with Gasteiger partial charge in [-0.15, -0.1) is 0 Å². The van der Waals surface area contributed by atoms with E-state index in [1.807, 2.05) is 0 Å². The number of alkyl halides is 3. The molecule has 1 aliphatic carbocycles. The quantitative estimate of drug-likeness (QED) is 0.832. The first-order valence-electron chi connectivity index (χ1n) is 5.85. The molecule has 0 aliphatic heterocycles. The van der Waals surface area contributed by atoms with Gasteiger partial charge >= 0.3 is 12.2 Å². The molecule has 1 fully saturated rings. The summed E-state index contributed by atoms with van der Waals surface area (Å²) >= 11 is 0. The molecule has 0 atom stereocenters. The lowest BCUT2D eigenvalue weighted by atomic mass is 10.3. The summed E-state index contributed by atoms with van der Waals surface area (Å²) in [5.74, 6) is 0. The number of nitrogens with two attached hydrogens (primary N) is 1. The maximum atomic E-state index is 12.4. The van der Waals surface area contributed by atoms with Crippen molar-refractivity contribution in [3.8, 4) is 0 Å². The molecule has 0 heterocycles. The van der Waals surface area contributed by atoms with E-state index in [0.29, 0.717) is 24.2 Å². The SMILES string of the molecule is Nc1cccc(NC(=O)N(CC(F)(F)F)C2CC2)c1. The number of urea groups is 1. The van der Waals surface area contributed by atoms with Gasteiger partial charge in [-0.3, -0.25) is 0 Å². The third kappa shape index (κ3) is 4.04. The molecule has 19 heavy (non-hydrogen) atoms. The fourth-order valence-electron chi connectivity index (χ4n) is 1.76. The van der Waals surface area contributed by atoms with Gasteiger partial charge in [-0.25, -0.2) is 4.79 Å². The minimum Gasteiger partial charge on any atom is -0.399 e. The van der Waals surface area contributed by atoms with E-state index in [1.54, 1.807) is 18.2 Å². The third-order valence-electron chi connectivity index (χ3n) is 2.74. The number of hydrogen-bond acceptors (Lipinski definition) is 2. The lowest BCUT2D eigenvalue weighted by Crippen LogP contribution is -2.42. The van der Waals surface area contributed by atoms with Gasteiger partial charge in [0.1, 0.15) is 6.54 Å². The minimum absolute atomic E-state index is 0.317. The molecule has 0 radical (unpaired) electrons. The van der Waals surface area contributed by atoms with Crippen molar-refractivity contribution < 1.29 is 18.0 Å². The van der Waals surface area contributed by atoms with Crippen LogP contribution in [0.3, 0.4) is 0 Å². The Kier molecular flexibility index (Phi) is 3.55. The number of carbonyl (C=O) groups excluding carboxylic acids is 1. The van der Waals surface area contributed by atoms with Crippen LogP contribution >= 0.6 is 0 Å². The topological polar surface area (TPSA) is 58.4 Å². The van der Waals surface area contributed by atoms with E-state index in [1.165, 1.54) is 6.07 Å². The van der Waals surface area contributed by atoms with Crippen LogP contribution in [0.4, 0.5) is 29.3 Å². The van der Waals surface area contributed by atoms with Crippen LogP contribution in [0.15, 0.2) is 24.3 Å². The molecular weight excluding hydrogens is 259 g/mol. The van der Waals surface area contributed by atoms with Crippen LogP contribution in [0.2, 0.25) is 0 Å². The van der Waals surface area contributed by atoms with E-state index in [0.717, 1.165) is 4.90 Å². The number of nitrogens with one attached hydrogen (secondary N) is 1. The third-order valence-corrected chi connectivity index (χ3v) is 2.74. The molecule has 0 unspecified atom stereocenters. The lowest BCUT2D eigenvalue weighted by molar-refractivity contribution is -0.140. The molecule has 0 aromatic heterocycles. The number of halogens is 3. The monoisotopic (exact) mass is 273 g/mol. The smallest absolute Gasteiger partial charge is 0.399 e. The van der Waals surface area contributed by atoms with Gasteiger partial charge in [0.15, 0.2) is 0 Å². The van der Waals surface area contributed by atoms with E-state index >= 15 is 0 Å². The molecule has 0 spiro atoms. The zero-order valence-corrected chi connectivity index (χ0v) is 10.1. The van der Waals surface area contributed by atoms with Gasteiger partial charge < -0.3 is 16.0 Å². The Labute approximate surface area is 108 Å². The summed E-state index contributed by atoms with van der Waals surface area (Å²) in [5.41, 5.74) is 6.36. The highest BCUT2D eigenvalue weighted by molar-refractivity contribution is 5.90. The van der Waals surface area contributed by atoms with Crippen molar-refractivity contribution >= 4 is 17.4 Å². The second-order valence-electron chi connectivity index (χ2n) is 4.53. The molecule has 4 nitrogen and oxygen atoms in total. The summed E-state index contributed by atoms with van der Waals surface area (Å²) in [5, 5.41) is 2.43. The second-order valence-corrected chi connectivity index (χ2v) is 4.53. The van der Waals surface area contributed by atoms with Gasteiger partial charge in [0.25, 0.3) is 0 Å². The van der Waals surface area contributed by atoms with E-state index in [-0.39, 0.29) is 6.04 Å². The molecule has 104 valence electrons. The molecular formula is C12H14F3N3O. The molecule has 1 saturated carbocycles. The Balaban J connectivity index is 2.03. The first-order valence-corrected chi connectivity index (χ1v) is 5.85. The van der Waals surface area contributed by atoms with Crippen LogP contribution in [0.25, 0.3) is 0 Å². The summed E-state index contributed by atoms with van der Waals surface area (Å²) < 4.78 is 37.2. The van der Waals surface area contributed by atoms with Crippen molar-refractivity contribution in [3.63, 3.8) is 0 Å². The Hall–Kier alpha value is -1.92. The van der Waals surface area contributed by atoms with Crippen molar-refractivity contribution in [1.29, 1.82) is 0 Å². The van der Waals surface area contributed by atoms with Crippen molar-refractivity contribution in [2.75, 3.05) is 17.6 Å². The lowest BCUT2D eigenvalue weighted by Gasteiger charge is -2.24. The Morgan fingerprint density at radius 3 is 2.63 bits per heavy atom. The first kappa shape index (κ1) is 13.5. The van der Waals surface area contributed by atoms with Crippen LogP contribution in [-0.2, 0) is 0 Å². The molecule has 0 bridgehead atoms. The predicted octanol–water partition coefficient (Wildman–Crippen LogP) is 2.83. The summed E-state index contributed by atoms with van der Waals surface area (Å²) in [6.45, 7) is -1.23.